The van der Waals surface area contributed by atoms with E-state index in [9.17, 15) is 9.59 Å². The fourth-order valence-corrected chi connectivity index (χ4v) is 2.59. The Morgan fingerprint density at radius 3 is 2.62 bits per heavy atom. The van der Waals surface area contributed by atoms with Gasteiger partial charge in [-0.05, 0) is 38.6 Å². The second-order valence-corrected chi connectivity index (χ2v) is 4.59. The topological polar surface area (TPSA) is 75.4 Å². The molecule has 2 unspecified atom stereocenters. The molecule has 0 spiro atoms. The molecule has 3 N–H and O–H groups in total. The average Bonchev–Trinajstić information content (AvgIpc) is 2.81. The van der Waals surface area contributed by atoms with E-state index in [4.69, 9.17) is 5.73 Å². The van der Waals surface area contributed by atoms with Crippen LogP contribution in [0.2, 0.25) is 0 Å². The lowest BCUT2D eigenvalue weighted by Gasteiger charge is -2.35. The molecule has 5 heteroatoms. The van der Waals surface area contributed by atoms with Crippen molar-refractivity contribution in [3.63, 3.8) is 0 Å². The van der Waals surface area contributed by atoms with E-state index >= 15 is 0 Å². The van der Waals surface area contributed by atoms with Crippen molar-refractivity contribution < 1.29 is 9.59 Å². The van der Waals surface area contributed by atoms with Crippen molar-refractivity contribution >= 4 is 11.8 Å². The first kappa shape index (κ1) is 11.4. The number of hydrogen-bond donors (Lipinski definition) is 2. The number of primary amides is 1. The zero-order valence-corrected chi connectivity index (χ0v) is 9.45. The van der Waals surface area contributed by atoms with Gasteiger partial charge in [0.05, 0.1) is 6.04 Å². The Labute approximate surface area is 95.3 Å². The van der Waals surface area contributed by atoms with Gasteiger partial charge >= 0.3 is 0 Å². The maximum Gasteiger partial charge on any atom is 0.240 e. The van der Waals surface area contributed by atoms with Crippen molar-refractivity contribution in [3.05, 3.63) is 0 Å². The highest BCUT2D eigenvalue weighted by molar-refractivity contribution is 5.89. The van der Waals surface area contributed by atoms with E-state index in [1.807, 2.05) is 0 Å². The Kier molecular flexibility index (Phi) is 3.43. The van der Waals surface area contributed by atoms with E-state index in [1.165, 1.54) is 0 Å². The molecule has 2 aliphatic heterocycles. The zero-order valence-electron chi connectivity index (χ0n) is 9.45. The number of rotatable bonds is 2. The van der Waals surface area contributed by atoms with Crippen LogP contribution in [0.15, 0.2) is 0 Å². The molecule has 5 nitrogen and oxygen atoms in total. The van der Waals surface area contributed by atoms with Gasteiger partial charge in [-0.1, -0.05) is 0 Å². The van der Waals surface area contributed by atoms with Crippen molar-refractivity contribution in [2.75, 3.05) is 13.1 Å². The van der Waals surface area contributed by atoms with Gasteiger partial charge in [0.15, 0.2) is 0 Å². The molecule has 0 saturated carbocycles. The summed E-state index contributed by atoms with van der Waals surface area (Å²) in [4.78, 5) is 25.1. The minimum absolute atomic E-state index is 0.0565. The van der Waals surface area contributed by atoms with Gasteiger partial charge in [0, 0.05) is 6.54 Å². The van der Waals surface area contributed by atoms with Crippen molar-refractivity contribution in [3.8, 4) is 0 Å². The SMILES string of the molecule is NC(=O)C1CCCCN1C(=O)C1CCCN1. The highest BCUT2D eigenvalue weighted by atomic mass is 16.2. The zero-order chi connectivity index (χ0) is 11.5. The first-order valence-electron chi connectivity index (χ1n) is 6.03. The molecule has 2 fully saturated rings. The molecule has 0 bridgehead atoms. The molecular formula is C11H19N3O2. The van der Waals surface area contributed by atoms with Gasteiger partial charge < -0.3 is 16.0 Å². The molecule has 0 aromatic heterocycles. The van der Waals surface area contributed by atoms with Crippen molar-refractivity contribution in [1.29, 1.82) is 0 Å². The monoisotopic (exact) mass is 225 g/mol. The predicted molar refractivity (Wildman–Crippen MR) is 59.6 cm³/mol. The lowest BCUT2D eigenvalue weighted by molar-refractivity contribution is -0.142. The Morgan fingerprint density at radius 2 is 2.00 bits per heavy atom. The molecule has 16 heavy (non-hydrogen) atoms. The van der Waals surface area contributed by atoms with Crippen LogP contribution in [-0.4, -0.2) is 41.9 Å². The van der Waals surface area contributed by atoms with Gasteiger partial charge in [-0.15, -0.1) is 0 Å². The summed E-state index contributed by atoms with van der Waals surface area (Å²) in [5.74, 6) is -0.313. The van der Waals surface area contributed by atoms with Crippen LogP contribution in [-0.2, 0) is 9.59 Å². The third-order valence-corrected chi connectivity index (χ3v) is 3.47. The Bertz CT molecular complexity index is 287. The van der Waals surface area contributed by atoms with E-state index in [-0.39, 0.29) is 23.9 Å². The fourth-order valence-electron chi connectivity index (χ4n) is 2.59. The second kappa shape index (κ2) is 4.82. The second-order valence-electron chi connectivity index (χ2n) is 4.59. The summed E-state index contributed by atoms with van der Waals surface area (Å²) in [6.45, 7) is 1.57. The summed E-state index contributed by atoms with van der Waals surface area (Å²) in [6.07, 6.45) is 4.58. The highest BCUT2D eigenvalue weighted by Gasteiger charge is 2.35. The summed E-state index contributed by atoms with van der Waals surface area (Å²) in [5.41, 5.74) is 5.34. The Hall–Kier alpha value is -1.10. The molecule has 2 aliphatic rings. The molecule has 0 radical (unpaired) electrons. The minimum atomic E-state index is -0.386. The van der Waals surface area contributed by atoms with Gasteiger partial charge in [-0.25, -0.2) is 0 Å². The van der Waals surface area contributed by atoms with E-state index in [1.54, 1.807) is 4.90 Å². The van der Waals surface area contributed by atoms with Crippen LogP contribution in [0, 0.1) is 0 Å². The molecule has 2 atom stereocenters. The van der Waals surface area contributed by atoms with Crippen LogP contribution >= 0.6 is 0 Å². The lowest BCUT2D eigenvalue weighted by Crippen LogP contribution is -2.54. The van der Waals surface area contributed by atoms with Gasteiger partial charge in [-0.3, -0.25) is 9.59 Å². The largest absolute Gasteiger partial charge is 0.368 e. The van der Waals surface area contributed by atoms with Crippen LogP contribution in [0.3, 0.4) is 0 Å². The van der Waals surface area contributed by atoms with Crippen molar-refractivity contribution in [2.45, 2.75) is 44.2 Å². The highest BCUT2D eigenvalue weighted by Crippen LogP contribution is 2.19. The molecular weight excluding hydrogens is 206 g/mol. The molecule has 0 aliphatic carbocycles. The van der Waals surface area contributed by atoms with E-state index in [0.29, 0.717) is 13.0 Å². The third kappa shape index (κ3) is 2.19. The summed E-state index contributed by atoms with van der Waals surface area (Å²) in [6, 6.07) is -0.483. The quantitative estimate of drug-likeness (QED) is 0.671. The number of nitrogens with one attached hydrogen (secondary N) is 1. The van der Waals surface area contributed by atoms with Crippen LogP contribution in [0.1, 0.15) is 32.1 Å². The van der Waals surface area contributed by atoms with E-state index < -0.39 is 0 Å². The molecule has 0 aromatic rings. The van der Waals surface area contributed by atoms with Gasteiger partial charge in [-0.2, -0.15) is 0 Å². The first-order chi connectivity index (χ1) is 7.70. The molecule has 2 heterocycles. The summed E-state index contributed by atoms with van der Waals surface area (Å²) < 4.78 is 0. The number of piperidine rings is 1. The fraction of sp³-hybridized carbons (Fsp3) is 0.818. The molecule has 0 aromatic carbocycles. The summed E-state index contributed by atoms with van der Waals surface area (Å²) in [5, 5.41) is 3.17. The minimum Gasteiger partial charge on any atom is -0.368 e. The van der Waals surface area contributed by atoms with E-state index in [2.05, 4.69) is 5.32 Å². The molecule has 2 rings (SSSR count). The van der Waals surface area contributed by atoms with Crippen LogP contribution < -0.4 is 11.1 Å². The van der Waals surface area contributed by atoms with Gasteiger partial charge in [0.25, 0.3) is 0 Å². The number of hydrogen-bond acceptors (Lipinski definition) is 3. The number of carbonyl (C=O) groups excluding carboxylic acids is 2. The normalized spacial score (nSPS) is 30.4. The van der Waals surface area contributed by atoms with Crippen molar-refractivity contribution in [2.24, 2.45) is 5.73 Å². The van der Waals surface area contributed by atoms with Gasteiger partial charge in [0.1, 0.15) is 6.04 Å². The molecule has 90 valence electrons. The van der Waals surface area contributed by atoms with Crippen LogP contribution in [0.5, 0.6) is 0 Å². The standard InChI is InChI=1S/C11H19N3O2/c12-10(15)9-5-1-2-7-14(9)11(16)8-4-3-6-13-8/h8-9,13H,1-7H2,(H2,12,15). The average molecular weight is 225 g/mol. The number of likely N-dealkylation sites (tertiary alicyclic amines) is 1. The summed E-state index contributed by atoms with van der Waals surface area (Å²) >= 11 is 0. The lowest BCUT2D eigenvalue weighted by atomic mass is 10.00. The number of amides is 2. The Morgan fingerprint density at radius 1 is 1.19 bits per heavy atom. The maximum atomic E-state index is 12.2. The molecule has 2 amide bonds. The van der Waals surface area contributed by atoms with E-state index in [0.717, 1.165) is 32.2 Å². The van der Waals surface area contributed by atoms with Crippen LogP contribution in [0.25, 0.3) is 0 Å². The first-order valence-corrected chi connectivity index (χ1v) is 6.03. The predicted octanol–water partition coefficient (Wildman–Crippen LogP) is -0.395. The Balaban J connectivity index is 2.04. The summed E-state index contributed by atoms with van der Waals surface area (Å²) in [7, 11) is 0. The third-order valence-electron chi connectivity index (χ3n) is 3.47. The molecule has 2 saturated heterocycles. The van der Waals surface area contributed by atoms with Crippen LogP contribution in [0.4, 0.5) is 0 Å². The van der Waals surface area contributed by atoms with Gasteiger partial charge in [0.2, 0.25) is 11.8 Å². The number of nitrogens with zero attached hydrogens (tertiary/aromatic N) is 1. The van der Waals surface area contributed by atoms with Crippen molar-refractivity contribution in [1.82, 2.24) is 10.2 Å². The number of nitrogens with two attached hydrogens (primary N) is 1. The number of carbonyl (C=O) groups is 2. The maximum absolute atomic E-state index is 12.2. The smallest absolute Gasteiger partial charge is 0.240 e.